The molecule has 0 aliphatic heterocycles. The Bertz CT molecular complexity index is 616. The molecule has 2 rings (SSSR count). The highest BCUT2D eigenvalue weighted by Gasteiger charge is 2.35. The first-order valence-electron chi connectivity index (χ1n) is 6.94. The van der Waals surface area contributed by atoms with Crippen molar-refractivity contribution in [2.45, 2.75) is 29.7 Å². The third-order valence-corrected chi connectivity index (χ3v) is 5.37. The van der Waals surface area contributed by atoms with Gasteiger partial charge in [0.1, 0.15) is 17.2 Å². The maximum atomic E-state index is 12.6. The van der Waals surface area contributed by atoms with Gasteiger partial charge in [0.2, 0.25) is 10.0 Å². The number of sulfonamides is 1. The summed E-state index contributed by atoms with van der Waals surface area (Å²) in [7, 11) is 0.451. The van der Waals surface area contributed by atoms with Crippen LogP contribution in [0.1, 0.15) is 19.3 Å². The molecular formula is C14H22N2O5S. The van der Waals surface area contributed by atoms with Gasteiger partial charge in [-0.05, 0) is 19.3 Å². The molecule has 1 fully saturated rings. The molecule has 1 aromatic carbocycles. The smallest absolute Gasteiger partial charge is 0.248 e. The second-order valence-electron chi connectivity index (χ2n) is 5.40. The lowest BCUT2D eigenvalue weighted by atomic mass is 9.78. The van der Waals surface area contributed by atoms with Gasteiger partial charge in [-0.3, -0.25) is 0 Å². The Labute approximate surface area is 130 Å². The van der Waals surface area contributed by atoms with E-state index in [2.05, 4.69) is 4.72 Å². The van der Waals surface area contributed by atoms with Crippen molar-refractivity contribution in [1.29, 1.82) is 0 Å². The van der Waals surface area contributed by atoms with Crippen LogP contribution in [0.4, 0.5) is 0 Å². The third-order valence-electron chi connectivity index (χ3n) is 3.90. The van der Waals surface area contributed by atoms with E-state index in [1.54, 1.807) is 0 Å². The molecule has 7 nitrogen and oxygen atoms in total. The van der Waals surface area contributed by atoms with Gasteiger partial charge >= 0.3 is 0 Å². The maximum absolute atomic E-state index is 12.6. The summed E-state index contributed by atoms with van der Waals surface area (Å²) in [6, 6.07) is 3.00. The molecule has 1 aliphatic rings. The van der Waals surface area contributed by atoms with Crippen LogP contribution in [0, 0.1) is 0 Å². The molecule has 1 aromatic rings. The normalized spacial score (nSPS) is 16.7. The molecule has 0 saturated heterocycles. The van der Waals surface area contributed by atoms with Crippen molar-refractivity contribution in [2.24, 2.45) is 5.73 Å². The first-order valence-corrected chi connectivity index (χ1v) is 8.42. The minimum atomic E-state index is -3.82. The van der Waals surface area contributed by atoms with E-state index in [1.165, 1.54) is 33.5 Å². The van der Waals surface area contributed by atoms with Gasteiger partial charge in [-0.2, -0.15) is 0 Å². The number of hydrogen-bond acceptors (Lipinski definition) is 6. The molecule has 0 unspecified atom stereocenters. The summed E-state index contributed by atoms with van der Waals surface area (Å²) in [6.45, 7) is 0.188. The fourth-order valence-corrected chi connectivity index (χ4v) is 3.79. The predicted octanol–water partition coefficient (Wildman–Crippen LogP) is 0.872. The number of hydrogen-bond donors (Lipinski definition) is 2. The van der Waals surface area contributed by atoms with Gasteiger partial charge in [0.05, 0.1) is 21.3 Å². The van der Waals surface area contributed by atoms with Gasteiger partial charge in [-0.25, -0.2) is 13.1 Å². The molecule has 0 aromatic heterocycles. The van der Waals surface area contributed by atoms with Crippen molar-refractivity contribution in [2.75, 3.05) is 27.9 Å². The lowest BCUT2D eigenvalue weighted by Crippen LogP contribution is -2.54. The minimum Gasteiger partial charge on any atom is -0.496 e. The third kappa shape index (κ3) is 3.29. The Morgan fingerprint density at radius 2 is 1.68 bits per heavy atom. The zero-order valence-electron chi connectivity index (χ0n) is 13.0. The fourth-order valence-electron chi connectivity index (χ4n) is 2.36. The highest BCUT2D eigenvalue weighted by Crippen LogP contribution is 2.38. The predicted molar refractivity (Wildman–Crippen MR) is 82.1 cm³/mol. The van der Waals surface area contributed by atoms with Gasteiger partial charge in [-0.15, -0.1) is 0 Å². The number of nitrogens with one attached hydrogen (secondary N) is 1. The Kier molecular flexibility index (Phi) is 4.84. The molecule has 0 heterocycles. The Hall–Kier alpha value is -1.51. The SMILES string of the molecule is COc1cc(OC)c(S(=O)(=O)NCC2(N)CCC2)c(OC)c1. The van der Waals surface area contributed by atoms with E-state index in [1.807, 2.05) is 0 Å². The molecule has 0 amide bonds. The highest BCUT2D eigenvalue weighted by atomic mass is 32.2. The molecule has 0 radical (unpaired) electrons. The van der Waals surface area contributed by atoms with E-state index < -0.39 is 15.6 Å². The van der Waals surface area contributed by atoms with Crippen molar-refractivity contribution in [3.8, 4) is 17.2 Å². The van der Waals surface area contributed by atoms with E-state index >= 15 is 0 Å². The summed E-state index contributed by atoms with van der Waals surface area (Å²) in [4.78, 5) is -0.0544. The van der Waals surface area contributed by atoms with Gasteiger partial charge in [-0.1, -0.05) is 0 Å². The first-order chi connectivity index (χ1) is 10.3. The standard InChI is InChI=1S/C14H22N2O5S/c1-19-10-7-11(20-2)13(12(8-10)21-3)22(17,18)16-9-14(15)5-4-6-14/h7-8,16H,4-6,9,15H2,1-3H3. The van der Waals surface area contributed by atoms with Crippen molar-refractivity contribution < 1.29 is 22.6 Å². The summed E-state index contributed by atoms with van der Waals surface area (Å²) < 4.78 is 43.2. The molecule has 0 spiro atoms. The van der Waals surface area contributed by atoms with E-state index in [0.717, 1.165) is 19.3 Å². The molecular weight excluding hydrogens is 308 g/mol. The van der Waals surface area contributed by atoms with Crippen molar-refractivity contribution in [3.63, 3.8) is 0 Å². The zero-order chi connectivity index (χ0) is 16.4. The van der Waals surface area contributed by atoms with Crippen molar-refractivity contribution in [3.05, 3.63) is 12.1 Å². The van der Waals surface area contributed by atoms with Crippen LogP contribution < -0.4 is 24.7 Å². The van der Waals surface area contributed by atoms with Crippen molar-refractivity contribution in [1.82, 2.24) is 4.72 Å². The van der Waals surface area contributed by atoms with E-state index in [9.17, 15) is 8.42 Å². The van der Waals surface area contributed by atoms with Crippen LogP contribution in [-0.4, -0.2) is 41.8 Å². The molecule has 3 N–H and O–H groups in total. The number of methoxy groups -OCH3 is 3. The Balaban J connectivity index is 2.36. The van der Waals surface area contributed by atoms with E-state index in [4.69, 9.17) is 19.9 Å². The summed E-state index contributed by atoms with van der Waals surface area (Å²) >= 11 is 0. The maximum Gasteiger partial charge on any atom is 0.248 e. The van der Waals surface area contributed by atoms with Crippen LogP contribution in [0.25, 0.3) is 0 Å². The lowest BCUT2D eigenvalue weighted by molar-refractivity contribution is 0.250. The van der Waals surface area contributed by atoms with E-state index in [0.29, 0.717) is 5.75 Å². The molecule has 0 bridgehead atoms. The molecule has 0 atom stereocenters. The van der Waals surface area contributed by atoms with Gasteiger partial charge in [0.15, 0.2) is 4.90 Å². The van der Waals surface area contributed by atoms with E-state index in [-0.39, 0.29) is 22.9 Å². The molecule has 1 saturated carbocycles. The van der Waals surface area contributed by atoms with Crippen molar-refractivity contribution >= 4 is 10.0 Å². The minimum absolute atomic E-state index is 0.0544. The van der Waals surface area contributed by atoms with Gasteiger partial charge in [0.25, 0.3) is 0 Å². The summed E-state index contributed by atoms with van der Waals surface area (Å²) in [5.41, 5.74) is 5.61. The summed E-state index contributed by atoms with van der Waals surface area (Å²) in [5.74, 6) is 0.758. The van der Waals surface area contributed by atoms with Crippen LogP contribution in [-0.2, 0) is 10.0 Å². The molecule has 22 heavy (non-hydrogen) atoms. The lowest BCUT2D eigenvalue weighted by Gasteiger charge is -2.38. The van der Waals surface area contributed by atoms with Gasteiger partial charge in [0, 0.05) is 24.2 Å². The zero-order valence-corrected chi connectivity index (χ0v) is 13.8. The quantitative estimate of drug-likeness (QED) is 0.769. The number of nitrogens with two attached hydrogens (primary N) is 1. The topological polar surface area (TPSA) is 99.9 Å². The van der Waals surface area contributed by atoms with Gasteiger partial charge < -0.3 is 19.9 Å². The first kappa shape index (κ1) is 16.9. The number of ether oxygens (including phenoxy) is 3. The second-order valence-corrected chi connectivity index (χ2v) is 7.11. The Morgan fingerprint density at radius 1 is 1.14 bits per heavy atom. The second kappa shape index (κ2) is 6.31. The van der Waals surface area contributed by atoms with Crippen LogP contribution in [0.2, 0.25) is 0 Å². The number of benzene rings is 1. The van der Waals surface area contributed by atoms with Crippen LogP contribution in [0.5, 0.6) is 17.2 Å². The summed E-state index contributed by atoms with van der Waals surface area (Å²) in [5, 5.41) is 0. The average molecular weight is 330 g/mol. The molecule has 124 valence electrons. The fraction of sp³-hybridized carbons (Fsp3) is 0.571. The largest absolute Gasteiger partial charge is 0.496 e. The van der Waals surface area contributed by atoms with Crippen LogP contribution >= 0.6 is 0 Å². The monoisotopic (exact) mass is 330 g/mol. The average Bonchev–Trinajstić information content (AvgIpc) is 2.49. The Morgan fingerprint density at radius 3 is 2.05 bits per heavy atom. The van der Waals surface area contributed by atoms with Crippen LogP contribution in [0.3, 0.4) is 0 Å². The molecule has 1 aliphatic carbocycles. The van der Waals surface area contributed by atoms with Crippen LogP contribution in [0.15, 0.2) is 17.0 Å². The number of rotatable bonds is 7. The molecule has 8 heteroatoms. The highest BCUT2D eigenvalue weighted by molar-refractivity contribution is 7.89. The summed E-state index contributed by atoms with van der Waals surface area (Å²) in [6.07, 6.45) is 2.65.